The number of halogens is 34. The number of hydrogen-bond donors (Lipinski definition) is 1. The molecule has 0 heterocycles. The van der Waals surface area contributed by atoms with Crippen LogP contribution in [0.15, 0.2) is 0 Å². The molecule has 0 saturated heterocycles. The van der Waals surface area contributed by atoms with Gasteiger partial charge in [-0.15, -0.1) is 4.33 Å². The number of rotatable bonds is 29. The largest absolute Gasteiger partial charge is 0.463 e. The zero-order valence-electron chi connectivity index (χ0n) is 33.3. The Morgan fingerprint density at radius 1 is 0.356 bits per heavy atom. The number of carbonyl (C=O) groups is 2. The van der Waals surface area contributed by atoms with Crippen molar-refractivity contribution in [1.29, 1.82) is 0 Å². The number of ether oxygens (including phenoxy) is 4. The van der Waals surface area contributed by atoms with E-state index in [9.17, 15) is 167 Å². The minimum absolute atomic E-state index is 1.55. The van der Waals surface area contributed by atoms with Gasteiger partial charge in [0.25, 0.3) is 0 Å². The highest BCUT2D eigenvalue weighted by molar-refractivity contribution is 7.88. The highest BCUT2D eigenvalue weighted by Gasteiger charge is 2.97. The summed E-state index contributed by atoms with van der Waals surface area (Å²) in [6, 6.07) is 0. The summed E-state index contributed by atoms with van der Waals surface area (Å²) in [7, 11) is -5.87. The average molecular weight is 1190 g/mol. The van der Waals surface area contributed by atoms with Gasteiger partial charge >= 0.3 is 117 Å². The van der Waals surface area contributed by atoms with Crippen molar-refractivity contribution in [3.05, 3.63) is 0 Å². The summed E-state index contributed by atoms with van der Waals surface area (Å²) in [5.41, 5.74) is 0. The first kappa shape index (κ1) is 69.4. The van der Waals surface area contributed by atoms with E-state index in [0.29, 0.717) is 0 Å². The minimum atomic E-state index is -8.93. The molecule has 1 atom stereocenters. The topological polar surface area (TPSA) is 135 Å². The molecule has 0 amide bonds. The van der Waals surface area contributed by atoms with Crippen LogP contribution in [0.2, 0.25) is 0 Å². The van der Waals surface area contributed by atoms with Crippen molar-refractivity contribution in [2.24, 2.45) is 0 Å². The van der Waals surface area contributed by atoms with E-state index in [2.05, 4.69) is 23.3 Å². The van der Waals surface area contributed by atoms with Crippen molar-refractivity contribution in [3.63, 3.8) is 0 Å². The predicted octanol–water partition coefficient (Wildman–Crippen LogP) is 10.5. The smallest absolute Gasteiger partial charge is 0.460 e. The molecule has 0 aromatic carbocycles. The Balaban J connectivity index is 5.66. The molecule has 0 spiro atoms. The second-order valence-corrected chi connectivity index (χ2v) is 15.4. The molecule has 436 valence electrons. The lowest BCUT2D eigenvalue weighted by Gasteiger charge is -2.42. The quantitative estimate of drug-likeness (QED) is 0.0254. The second kappa shape index (κ2) is 21.1. The third kappa shape index (κ3) is 11.8. The lowest BCUT2D eigenvalue weighted by molar-refractivity contribution is -0.462. The van der Waals surface area contributed by atoms with Crippen molar-refractivity contribution in [1.82, 2.24) is 0 Å². The fraction of sp³-hybridized carbons (Fsp3) is 0.929. The Bertz CT molecular complexity index is 2000. The van der Waals surface area contributed by atoms with E-state index in [-0.39, 0.29) is 0 Å². The second-order valence-electron chi connectivity index (χ2n) is 13.7. The molecule has 0 saturated carbocycles. The van der Waals surface area contributed by atoms with E-state index in [1.165, 1.54) is 0 Å². The Labute approximate surface area is 378 Å². The van der Waals surface area contributed by atoms with E-state index < -0.39 is 181 Å². The van der Waals surface area contributed by atoms with Crippen LogP contribution in [-0.2, 0) is 43.0 Å². The molecule has 0 aliphatic rings. The first-order valence-electron chi connectivity index (χ1n) is 17.1. The van der Waals surface area contributed by atoms with Gasteiger partial charge in [0.05, 0.1) is 32.8 Å². The van der Waals surface area contributed by atoms with Crippen LogP contribution >= 0.6 is 0 Å². The number of alkyl halides is 34. The average Bonchev–Trinajstić information content (AvgIpc) is 3.20. The van der Waals surface area contributed by atoms with E-state index in [4.69, 9.17) is 5.26 Å². The van der Waals surface area contributed by atoms with Crippen LogP contribution < -0.4 is 0 Å². The highest BCUT2D eigenvalue weighted by Crippen LogP contribution is 2.66. The molecule has 0 aromatic rings. The zero-order valence-corrected chi connectivity index (χ0v) is 34.1. The molecule has 73 heavy (non-hydrogen) atoms. The first-order chi connectivity index (χ1) is 31.7. The summed E-state index contributed by atoms with van der Waals surface area (Å²) in [4.78, 5) is 24.1. The Morgan fingerprint density at radius 2 is 0.603 bits per heavy atom. The monoisotopic (exact) mass is 1190 g/mol. The van der Waals surface area contributed by atoms with Crippen LogP contribution in [0.1, 0.15) is 19.3 Å². The Kier molecular flexibility index (Phi) is 20.0. The molecule has 0 aliphatic heterocycles. The van der Waals surface area contributed by atoms with Crippen LogP contribution in [0, 0.1) is 0 Å². The van der Waals surface area contributed by atoms with Crippen LogP contribution in [0.5, 0.6) is 0 Å². The molecule has 1 unspecified atom stereocenters. The summed E-state index contributed by atoms with van der Waals surface area (Å²) < 4.78 is 496. The van der Waals surface area contributed by atoms with Crippen molar-refractivity contribution < 1.29 is 196 Å². The molecule has 1 N–H and O–H groups in total. The third-order valence-corrected chi connectivity index (χ3v) is 9.99. The summed E-state index contributed by atoms with van der Waals surface area (Å²) in [6.07, 6.45) is -24.3. The van der Waals surface area contributed by atoms with Crippen LogP contribution in [-0.4, -0.2) is 166 Å². The fourth-order valence-corrected chi connectivity index (χ4v) is 5.13. The molecule has 0 rings (SSSR count). The summed E-state index contributed by atoms with van der Waals surface area (Å²) in [6.45, 7) is -10.9. The van der Waals surface area contributed by atoms with Gasteiger partial charge in [-0.05, 0) is 0 Å². The molecule has 45 heteroatoms. The van der Waals surface area contributed by atoms with Crippen LogP contribution in [0.4, 0.5) is 149 Å². The molecule has 0 aliphatic carbocycles. The van der Waals surface area contributed by atoms with E-state index in [1.54, 1.807) is 0 Å². The maximum Gasteiger partial charge on any atom is 0.460 e. The van der Waals surface area contributed by atoms with Crippen molar-refractivity contribution >= 4 is 22.1 Å². The van der Waals surface area contributed by atoms with Gasteiger partial charge in [-0.3, -0.25) is 9.59 Å². The minimum Gasteiger partial charge on any atom is -0.463 e. The van der Waals surface area contributed by atoms with Crippen LogP contribution in [0.3, 0.4) is 0 Å². The number of esters is 2. The predicted molar refractivity (Wildman–Crippen MR) is 155 cm³/mol. The molecular weight excluding hydrogens is 1170 g/mol. The van der Waals surface area contributed by atoms with Gasteiger partial charge in [-0.2, -0.15) is 158 Å². The van der Waals surface area contributed by atoms with Gasteiger partial charge in [0.2, 0.25) is 0 Å². The van der Waals surface area contributed by atoms with Gasteiger partial charge in [0.15, 0.2) is 5.25 Å². The molecular formula is C28H20F34O10S. The van der Waals surface area contributed by atoms with Gasteiger partial charge < -0.3 is 18.9 Å². The summed E-state index contributed by atoms with van der Waals surface area (Å²) in [5, 5.41) is 5.23. The summed E-state index contributed by atoms with van der Waals surface area (Å²) in [5.74, 6) is -122. The fourth-order valence-electron chi connectivity index (χ4n) is 4.39. The van der Waals surface area contributed by atoms with Crippen molar-refractivity contribution in [2.75, 3.05) is 39.6 Å². The number of carbonyl (C=O) groups excluding carboxylic acids is 2. The molecule has 0 bridgehead atoms. The van der Waals surface area contributed by atoms with Gasteiger partial charge in [0, 0.05) is 12.8 Å². The maximum atomic E-state index is 14.0. The first-order valence-corrected chi connectivity index (χ1v) is 18.6. The third-order valence-electron chi connectivity index (χ3n) is 8.72. The van der Waals surface area contributed by atoms with E-state index in [1.807, 2.05) is 0 Å². The Morgan fingerprint density at radius 3 is 0.863 bits per heavy atom. The summed E-state index contributed by atoms with van der Waals surface area (Å²) >= 11 is 0. The SMILES string of the molecule is O=C(CC(C(=O)OCCOCCC(F)(F)C(F)(F)C(F)(F)C(F)(F)C(F)(F)C(F)(F)C(F)(F)C(F)(F)F)S(=O)(=O)OO)OCCOCCC(F)(F)C(F)(F)C(F)(F)C(F)(F)C(F)(F)C(F)(F)C(F)(F)C(F)(F)F. The van der Waals surface area contributed by atoms with Gasteiger partial charge in [-0.1, -0.05) is 0 Å². The van der Waals surface area contributed by atoms with Gasteiger partial charge in [-0.25, -0.2) is 5.26 Å². The molecule has 0 radical (unpaired) electrons. The van der Waals surface area contributed by atoms with E-state index in [0.717, 1.165) is 0 Å². The maximum absolute atomic E-state index is 14.0. The molecule has 0 aromatic heterocycles. The van der Waals surface area contributed by atoms with Crippen molar-refractivity contribution in [2.45, 2.75) is 120 Å². The van der Waals surface area contributed by atoms with Gasteiger partial charge in [0.1, 0.15) is 13.2 Å². The highest BCUT2D eigenvalue weighted by atomic mass is 32.2. The standard InChI is InChI=1S/C28H20F34O10S/c29-13(30,15(33,34)17(37,38)19(41,42)21(45,46)23(49,50)25(53,54)27(57,58)59)1-3-68-5-7-70-11(63)9-10(73(66,67)72-65)12(64)71-8-6-69-4-2-14(31,32)16(35,36)18(39,40)20(43,44)22(47,48)24(51,52)26(55,56)28(60,61)62/h10,65H,1-9H2. The lowest BCUT2D eigenvalue weighted by Crippen LogP contribution is -2.74. The van der Waals surface area contributed by atoms with Crippen LogP contribution in [0.25, 0.3) is 0 Å². The Hall–Kier alpha value is -3.65. The van der Waals surface area contributed by atoms with E-state index >= 15 is 0 Å². The number of hydrogen-bond acceptors (Lipinski definition) is 10. The zero-order chi connectivity index (χ0) is 59.1. The normalized spacial score (nSPS) is 16.2. The molecule has 10 nitrogen and oxygen atoms in total. The lowest BCUT2D eigenvalue weighted by atomic mass is 9.88. The molecule has 0 fully saturated rings. The van der Waals surface area contributed by atoms with Crippen molar-refractivity contribution in [3.8, 4) is 0 Å².